The molecule has 1 fully saturated rings. The number of rotatable bonds is 5. The van der Waals surface area contributed by atoms with E-state index in [1.54, 1.807) is 0 Å². The summed E-state index contributed by atoms with van der Waals surface area (Å²) in [6, 6.07) is 8.79. The summed E-state index contributed by atoms with van der Waals surface area (Å²) >= 11 is 0. The fourth-order valence-corrected chi connectivity index (χ4v) is 2.54. The third-order valence-electron chi connectivity index (χ3n) is 3.69. The Morgan fingerprint density at radius 1 is 1.28 bits per heavy atom. The van der Waals surface area contributed by atoms with Gasteiger partial charge < -0.3 is 10.5 Å². The predicted molar refractivity (Wildman–Crippen MR) is 74.9 cm³/mol. The Labute approximate surface area is 110 Å². The lowest BCUT2D eigenvalue weighted by atomic mass is 10.0. The van der Waals surface area contributed by atoms with Crippen LogP contribution < -0.4 is 10.5 Å². The highest BCUT2D eigenvalue weighted by Gasteiger charge is 2.20. The molecule has 0 aliphatic carbocycles. The molecule has 1 heterocycles. The van der Waals surface area contributed by atoms with Crippen molar-refractivity contribution in [2.24, 2.45) is 5.73 Å². The van der Waals surface area contributed by atoms with E-state index >= 15 is 0 Å². The lowest BCUT2D eigenvalue weighted by molar-refractivity contribution is 0.127. The maximum absolute atomic E-state index is 5.81. The summed E-state index contributed by atoms with van der Waals surface area (Å²) in [4.78, 5) is 2.47. The highest BCUT2D eigenvalue weighted by atomic mass is 16.5. The van der Waals surface area contributed by atoms with Crippen molar-refractivity contribution in [3.05, 3.63) is 29.8 Å². The summed E-state index contributed by atoms with van der Waals surface area (Å²) in [5, 5.41) is 0. The van der Waals surface area contributed by atoms with Gasteiger partial charge in [0.25, 0.3) is 0 Å². The maximum Gasteiger partial charge on any atom is 0.119 e. The van der Waals surface area contributed by atoms with E-state index in [1.165, 1.54) is 31.4 Å². The number of piperidine rings is 1. The summed E-state index contributed by atoms with van der Waals surface area (Å²) in [6.45, 7) is 5.75. The van der Waals surface area contributed by atoms with E-state index in [-0.39, 0.29) is 0 Å². The molecule has 3 heteroatoms. The number of nitrogens with zero attached hydrogens (tertiary/aromatic N) is 1. The standard InChI is InChI=1S/C15H24N2O/c1-13-5-7-15(8-6-13)18-11-10-17-9-3-2-4-14(17)12-16/h5-8,14H,2-4,9-12,16H2,1H3. The van der Waals surface area contributed by atoms with Crippen LogP contribution in [0.2, 0.25) is 0 Å². The van der Waals surface area contributed by atoms with Crippen molar-refractivity contribution < 1.29 is 4.74 Å². The van der Waals surface area contributed by atoms with Gasteiger partial charge in [-0.2, -0.15) is 0 Å². The molecule has 0 saturated carbocycles. The Balaban J connectivity index is 1.75. The second-order valence-electron chi connectivity index (χ2n) is 5.08. The van der Waals surface area contributed by atoms with Gasteiger partial charge in [-0.05, 0) is 38.4 Å². The molecule has 0 radical (unpaired) electrons. The third kappa shape index (κ3) is 3.72. The van der Waals surface area contributed by atoms with Crippen LogP contribution in [0.4, 0.5) is 0 Å². The van der Waals surface area contributed by atoms with Gasteiger partial charge in [-0.15, -0.1) is 0 Å². The Bertz CT molecular complexity index is 350. The molecule has 1 atom stereocenters. The second-order valence-corrected chi connectivity index (χ2v) is 5.08. The molecule has 100 valence electrons. The van der Waals surface area contributed by atoms with Gasteiger partial charge in [-0.25, -0.2) is 0 Å². The van der Waals surface area contributed by atoms with Gasteiger partial charge in [0, 0.05) is 19.1 Å². The van der Waals surface area contributed by atoms with Gasteiger partial charge in [0.15, 0.2) is 0 Å². The van der Waals surface area contributed by atoms with Gasteiger partial charge in [0.1, 0.15) is 12.4 Å². The quantitative estimate of drug-likeness (QED) is 0.868. The van der Waals surface area contributed by atoms with Crippen LogP contribution in [0.3, 0.4) is 0 Å². The lowest BCUT2D eigenvalue weighted by Crippen LogP contribution is -2.45. The molecule has 1 aliphatic heterocycles. The number of ether oxygens (including phenoxy) is 1. The normalized spacial score (nSPS) is 20.9. The van der Waals surface area contributed by atoms with E-state index in [9.17, 15) is 0 Å². The van der Waals surface area contributed by atoms with Gasteiger partial charge in [0.05, 0.1) is 0 Å². The number of aryl methyl sites for hydroxylation is 1. The second kappa shape index (κ2) is 6.76. The SMILES string of the molecule is Cc1ccc(OCCN2CCCCC2CN)cc1. The average Bonchev–Trinajstić information content (AvgIpc) is 2.41. The van der Waals surface area contributed by atoms with Crippen molar-refractivity contribution in [3.63, 3.8) is 0 Å². The van der Waals surface area contributed by atoms with E-state index in [2.05, 4.69) is 24.0 Å². The Kier molecular flexibility index (Phi) is 5.02. The molecule has 1 aromatic carbocycles. The van der Waals surface area contributed by atoms with Crippen molar-refractivity contribution >= 4 is 0 Å². The fraction of sp³-hybridized carbons (Fsp3) is 0.600. The lowest BCUT2D eigenvalue weighted by Gasteiger charge is -2.34. The van der Waals surface area contributed by atoms with Crippen LogP contribution in [0.25, 0.3) is 0 Å². The molecule has 1 aliphatic rings. The number of hydrogen-bond donors (Lipinski definition) is 1. The first-order valence-electron chi connectivity index (χ1n) is 6.93. The summed E-state index contributed by atoms with van der Waals surface area (Å²) < 4.78 is 5.77. The zero-order valence-electron chi connectivity index (χ0n) is 11.3. The minimum absolute atomic E-state index is 0.556. The number of hydrogen-bond acceptors (Lipinski definition) is 3. The fourth-order valence-electron chi connectivity index (χ4n) is 2.54. The zero-order valence-corrected chi connectivity index (χ0v) is 11.3. The topological polar surface area (TPSA) is 38.5 Å². The summed E-state index contributed by atoms with van der Waals surface area (Å²) in [5.74, 6) is 0.960. The Morgan fingerprint density at radius 2 is 2.06 bits per heavy atom. The molecular formula is C15H24N2O. The first kappa shape index (κ1) is 13.4. The van der Waals surface area contributed by atoms with Crippen LogP contribution in [0.5, 0.6) is 5.75 Å². The van der Waals surface area contributed by atoms with E-state index < -0.39 is 0 Å². The molecule has 18 heavy (non-hydrogen) atoms. The monoisotopic (exact) mass is 248 g/mol. The summed E-state index contributed by atoms with van der Waals surface area (Å²) in [5.41, 5.74) is 7.08. The van der Waals surface area contributed by atoms with Crippen LogP contribution in [0, 0.1) is 6.92 Å². The average molecular weight is 248 g/mol. The third-order valence-corrected chi connectivity index (χ3v) is 3.69. The summed E-state index contributed by atoms with van der Waals surface area (Å²) in [7, 11) is 0. The molecule has 0 bridgehead atoms. The van der Waals surface area contributed by atoms with E-state index in [4.69, 9.17) is 10.5 Å². The first-order chi connectivity index (χ1) is 8.79. The van der Waals surface area contributed by atoms with Crippen molar-refractivity contribution in [1.82, 2.24) is 4.90 Å². The smallest absolute Gasteiger partial charge is 0.119 e. The maximum atomic E-state index is 5.81. The predicted octanol–water partition coefficient (Wildman–Crippen LogP) is 2.19. The summed E-state index contributed by atoms with van der Waals surface area (Å²) in [6.07, 6.45) is 3.85. The van der Waals surface area contributed by atoms with Crippen LogP contribution in [0.1, 0.15) is 24.8 Å². The molecule has 3 nitrogen and oxygen atoms in total. The van der Waals surface area contributed by atoms with E-state index in [0.29, 0.717) is 6.04 Å². The van der Waals surface area contributed by atoms with Crippen LogP contribution in [0.15, 0.2) is 24.3 Å². The zero-order chi connectivity index (χ0) is 12.8. The first-order valence-corrected chi connectivity index (χ1v) is 6.93. The van der Waals surface area contributed by atoms with Gasteiger partial charge in [-0.3, -0.25) is 4.90 Å². The minimum Gasteiger partial charge on any atom is -0.492 e. The van der Waals surface area contributed by atoms with Gasteiger partial charge in [-0.1, -0.05) is 24.1 Å². The molecule has 0 spiro atoms. The van der Waals surface area contributed by atoms with Crippen molar-refractivity contribution in [2.45, 2.75) is 32.2 Å². The number of likely N-dealkylation sites (tertiary alicyclic amines) is 1. The van der Waals surface area contributed by atoms with Crippen LogP contribution in [-0.4, -0.2) is 37.2 Å². The van der Waals surface area contributed by atoms with Crippen molar-refractivity contribution in [3.8, 4) is 5.75 Å². The highest BCUT2D eigenvalue weighted by Crippen LogP contribution is 2.16. The van der Waals surface area contributed by atoms with Crippen LogP contribution >= 0.6 is 0 Å². The molecule has 0 aromatic heterocycles. The van der Waals surface area contributed by atoms with Crippen molar-refractivity contribution in [1.29, 1.82) is 0 Å². The van der Waals surface area contributed by atoms with Gasteiger partial charge in [0.2, 0.25) is 0 Å². The largest absolute Gasteiger partial charge is 0.492 e. The number of benzene rings is 1. The molecule has 2 rings (SSSR count). The number of nitrogens with two attached hydrogens (primary N) is 1. The highest BCUT2D eigenvalue weighted by molar-refractivity contribution is 5.26. The van der Waals surface area contributed by atoms with Gasteiger partial charge >= 0.3 is 0 Å². The van der Waals surface area contributed by atoms with E-state index in [1.807, 2.05) is 12.1 Å². The molecule has 1 saturated heterocycles. The molecular weight excluding hydrogens is 224 g/mol. The minimum atomic E-state index is 0.556. The molecule has 2 N–H and O–H groups in total. The van der Waals surface area contributed by atoms with Crippen molar-refractivity contribution in [2.75, 3.05) is 26.2 Å². The molecule has 1 aromatic rings. The molecule has 1 unspecified atom stereocenters. The Morgan fingerprint density at radius 3 is 2.78 bits per heavy atom. The Hall–Kier alpha value is -1.06. The molecule has 0 amide bonds. The van der Waals surface area contributed by atoms with Crippen LogP contribution in [-0.2, 0) is 0 Å². The van der Waals surface area contributed by atoms with E-state index in [0.717, 1.165) is 25.4 Å².